The van der Waals surface area contributed by atoms with Gasteiger partial charge >= 0.3 is 6.03 Å². The first-order chi connectivity index (χ1) is 12.4. The van der Waals surface area contributed by atoms with Gasteiger partial charge in [-0.3, -0.25) is 15.0 Å². The lowest BCUT2D eigenvalue weighted by molar-refractivity contribution is -0.121. The second-order valence-corrected chi connectivity index (χ2v) is 6.89. The number of amides is 3. The number of methoxy groups -OCH3 is 2. The van der Waals surface area contributed by atoms with Crippen LogP contribution in [-0.4, -0.2) is 50.7 Å². The van der Waals surface area contributed by atoms with Gasteiger partial charge in [-0.05, 0) is 31.4 Å². The van der Waals surface area contributed by atoms with Gasteiger partial charge in [0.25, 0.3) is 0 Å². The predicted molar refractivity (Wildman–Crippen MR) is 99.5 cm³/mol. The monoisotopic (exact) mass is 363 g/mol. The molecule has 0 spiro atoms. The molecule has 1 aliphatic heterocycles. The Bertz CT molecular complexity index is 633. The molecule has 26 heavy (non-hydrogen) atoms. The van der Waals surface area contributed by atoms with Crippen LogP contribution < -0.4 is 20.1 Å². The highest BCUT2D eigenvalue weighted by atomic mass is 16.5. The zero-order valence-corrected chi connectivity index (χ0v) is 16.0. The van der Waals surface area contributed by atoms with Gasteiger partial charge in [-0.25, -0.2) is 4.79 Å². The average Bonchev–Trinajstić information content (AvgIpc) is 3.06. The van der Waals surface area contributed by atoms with Crippen LogP contribution in [0.5, 0.6) is 11.5 Å². The molecule has 1 atom stereocenters. The van der Waals surface area contributed by atoms with Crippen molar-refractivity contribution in [2.45, 2.75) is 32.7 Å². The number of nitrogens with zero attached hydrogens (tertiary/aromatic N) is 1. The minimum Gasteiger partial charge on any atom is -0.497 e. The van der Waals surface area contributed by atoms with Crippen LogP contribution in [0.4, 0.5) is 4.79 Å². The highest BCUT2D eigenvalue weighted by Crippen LogP contribution is 2.38. The summed E-state index contributed by atoms with van der Waals surface area (Å²) in [7, 11) is 3.24. The van der Waals surface area contributed by atoms with Crippen LogP contribution >= 0.6 is 0 Å². The molecule has 0 aromatic heterocycles. The lowest BCUT2D eigenvalue weighted by atomic mass is 10.0. The molecular formula is C19H29N3O4. The maximum atomic E-state index is 12.2. The first-order valence-corrected chi connectivity index (χ1v) is 8.98. The molecule has 0 bridgehead atoms. The number of carbonyl (C=O) groups is 2. The number of ether oxygens (including phenoxy) is 2. The summed E-state index contributed by atoms with van der Waals surface area (Å²) in [5.74, 6) is 1.51. The van der Waals surface area contributed by atoms with Crippen molar-refractivity contribution in [2.75, 3.05) is 33.9 Å². The van der Waals surface area contributed by atoms with Crippen molar-refractivity contribution in [1.29, 1.82) is 0 Å². The number of benzene rings is 1. The fourth-order valence-corrected chi connectivity index (χ4v) is 3.15. The topological polar surface area (TPSA) is 79.9 Å². The molecule has 2 N–H and O–H groups in total. The Balaban J connectivity index is 1.99. The van der Waals surface area contributed by atoms with Crippen LogP contribution in [0.15, 0.2) is 18.2 Å². The van der Waals surface area contributed by atoms with Crippen LogP contribution in [0.1, 0.15) is 38.3 Å². The Morgan fingerprint density at radius 1 is 1.27 bits per heavy atom. The minimum atomic E-state index is -0.443. The molecule has 0 unspecified atom stereocenters. The van der Waals surface area contributed by atoms with Gasteiger partial charge in [0.15, 0.2) is 0 Å². The van der Waals surface area contributed by atoms with Crippen molar-refractivity contribution >= 4 is 11.9 Å². The van der Waals surface area contributed by atoms with E-state index in [-0.39, 0.29) is 18.5 Å². The maximum Gasteiger partial charge on any atom is 0.321 e. The summed E-state index contributed by atoms with van der Waals surface area (Å²) in [6.07, 6.45) is 1.93. The highest BCUT2D eigenvalue weighted by Gasteiger charge is 2.30. The molecule has 1 heterocycles. The summed E-state index contributed by atoms with van der Waals surface area (Å²) in [6.45, 7) is 5.52. The molecule has 7 heteroatoms. The van der Waals surface area contributed by atoms with Crippen molar-refractivity contribution in [1.82, 2.24) is 15.5 Å². The van der Waals surface area contributed by atoms with Crippen molar-refractivity contribution < 1.29 is 19.1 Å². The van der Waals surface area contributed by atoms with E-state index in [1.807, 2.05) is 32.0 Å². The third-order valence-corrected chi connectivity index (χ3v) is 4.43. The van der Waals surface area contributed by atoms with E-state index in [1.165, 1.54) is 0 Å². The summed E-state index contributed by atoms with van der Waals surface area (Å²) in [4.78, 5) is 26.1. The summed E-state index contributed by atoms with van der Waals surface area (Å²) >= 11 is 0. The van der Waals surface area contributed by atoms with Gasteiger partial charge < -0.3 is 14.8 Å². The molecule has 0 radical (unpaired) electrons. The second kappa shape index (κ2) is 9.43. The van der Waals surface area contributed by atoms with Gasteiger partial charge in [-0.1, -0.05) is 19.9 Å². The number of hydrogen-bond acceptors (Lipinski definition) is 5. The molecule has 2 rings (SSSR count). The number of nitrogens with one attached hydrogen (secondary N) is 2. The standard InChI is InChI=1S/C19H29N3O4/c1-13(2)11-20-19(24)21-18(23)12-22-9-5-6-16(22)15-8-7-14(25-3)10-17(15)26-4/h7-8,10,13,16H,5-6,9,11-12H2,1-4H3,(H2,20,21,23,24)/t16-/m0/s1. The van der Waals surface area contributed by atoms with E-state index >= 15 is 0 Å². The Morgan fingerprint density at radius 3 is 2.69 bits per heavy atom. The van der Waals surface area contributed by atoms with Crippen LogP contribution in [0.25, 0.3) is 0 Å². The van der Waals surface area contributed by atoms with Crippen LogP contribution in [0, 0.1) is 5.92 Å². The first-order valence-electron chi connectivity index (χ1n) is 8.98. The molecule has 7 nitrogen and oxygen atoms in total. The van der Waals surface area contributed by atoms with Crippen LogP contribution in [0.2, 0.25) is 0 Å². The molecule has 144 valence electrons. The zero-order valence-electron chi connectivity index (χ0n) is 16.0. The SMILES string of the molecule is COc1ccc([C@@H]2CCCN2CC(=O)NC(=O)NCC(C)C)c(OC)c1. The second-order valence-electron chi connectivity index (χ2n) is 6.89. The van der Waals surface area contributed by atoms with Crippen molar-refractivity contribution in [3.05, 3.63) is 23.8 Å². The Hall–Kier alpha value is -2.28. The summed E-state index contributed by atoms with van der Waals surface area (Å²) in [5.41, 5.74) is 1.03. The lowest BCUT2D eigenvalue weighted by Crippen LogP contribution is -2.45. The molecule has 1 aromatic rings. The van der Waals surface area contributed by atoms with E-state index in [0.29, 0.717) is 12.5 Å². The highest BCUT2D eigenvalue weighted by molar-refractivity contribution is 5.95. The van der Waals surface area contributed by atoms with E-state index < -0.39 is 6.03 Å². The van der Waals surface area contributed by atoms with Gasteiger partial charge in [-0.15, -0.1) is 0 Å². The molecule has 1 aliphatic rings. The number of rotatable bonds is 7. The lowest BCUT2D eigenvalue weighted by Gasteiger charge is -2.25. The largest absolute Gasteiger partial charge is 0.497 e. The number of imide groups is 1. The summed E-state index contributed by atoms with van der Waals surface area (Å²) in [6, 6.07) is 5.37. The molecule has 0 saturated carbocycles. The predicted octanol–water partition coefficient (Wildman–Crippen LogP) is 2.32. The first kappa shape index (κ1) is 20.0. The quantitative estimate of drug-likeness (QED) is 0.777. The van der Waals surface area contributed by atoms with Gasteiger partial charge in [0, 0.05) is 24.2 Å². The molecular weight excluding hydrogens is 334 g/mol. The Morgan fingerprint density at radius 2 is 2.04 bits per heavy atom. The zero-order chi connectivity index (χ0) is 19.1. The van der Waals surface area contributed by atoms with E-state index in [2.05, 4.69) is 15.5 Å². The normalized spacial score (nSPS) is 17.2. The minimum absolute atomic E-state index is 0.0836. The average molecular weight is 363 g/mol. The summed E-state index contributed by atoms with van der Waals surface area (Å²) < 4.78 is 10.7. The number of likely N-dealkylation sites (tertiary alicyclic amines) is 1. The molecule has 0 aliphatic carbocycles. The van der Waals surface area contributed by atoms with Gasteiger partial charge in [0.05, 0.1) is 20.8 Å². The number of urea groups is 1. The van der Waals surface area contributed by atoms with E-state index in [9.17, 15) is 9.59 Å². The summed E-state index contributed by atoms with van der Waals surface area (Å²) in [5, 5.41) is 5.09. The Labute approximate surface area is 155 Å². The van der Waals surface area contributed by atoms with Crippen LogP contribution in [0.3, 0.4) is 0 Å². The third-order valence-electron chi connectivity index (χ3n) is 4.43. The number of carbonyl (C=O) groups excluding carboxylic acids is 2. The molecule has 1 aromatic carbocycles. The number of hydrogen-bond donors (Lipinski definition) is 2. The molecule has 1 fully saturated rings. The maximum absolute atomic E-state index is 12.2. The van der Waals surface area contributed by atoms with Crippen molar-refractivity contribution in [3.8, 4) is 11.5 Å². The van der Waals surface area contributed by atoms with E-state index in [1.54, 1.807) is 14.2 Å². The van der Waals surface area contributed by atoms with Crippen LogP contribution in [-0.2, 0) is 4.79 Å². The molecule has 1 saturated heterocycles. The fraction of sp³-hybridized carbons (Fsp3) is 0.579. The van der Waals surface area contributed by atoms with Gasteiger partial charge in [0.1, 0.15) is 11.5 Å². The van der Waals surface area contributed by atoms with Crippen molar-refractivity contribution in [3.63, 3.8) is 0 Å². The fourth-order valence-electron chi connectivity index (χ4n) is 3.15. The third kappa shape index (κ3) is 5.36. The Kier molecular flexibility index (Phi) is 7.26. The molecule has 3 amide bonds. The van der Waals surface area contributed by atoms with E-state index in [0.717, 1.165) is 36.4 Å². The van der Waals surface area contributed by atoms with Crippen molar-refractivity contribution in [2.24, 2.45) is 5.92 Å². The van der Waals surface area contributed by atoms with E-state index in [4.69, 9.17) is 9.47 Å². The van der Waals surface area contributed by atoms with Gasteiger partial charge in [-0.2, -0.15) is 0 Å². The smallest absolute Gasteiger partial charge is 0.321 e. The van der Waals surface area contributed by atoms with Gasteiger partial charge in [0.2, 0.25) is 5.91 Å².